The topological polar surface area (TPSA) is 117 Å². The highest BCUT2D eigenvalue weighted by Gasteiger charge is 2.28. The highest BCUT2D eigenvalue weighted by Crippen LogP contribution is 2.40. The molecule has 1 N–H and O–H groups in total. The third kappa shape index (κ3) is 3.57. The predicted molar refractivity (Wildman–Crippen MR) is 126 cm³/mol. The molecule has 0 saturated carbocycles. The molecular weight excluding hydrogens is 432 g/mol. The molecule has 0 bridgehead atoms. The first-order chi connectivity index (χ1) is 16.4. The van der Waals surface area contributed by atoms with Gasteiger partial charge < -0.3 is 10.0 Å². The maximum atomic E-state index is 11.8. The number of amides is 1. The molecule has 34 heavy (non-hydrogen) atoms. The summed E-state index contributed by atoms with van der Waals surface area (Å²) in [5, 5.41) is 30.2. The quantitative estimate of drug-likeness (QED) is 0.504. The first-order valence-electron chi connectivity index (χ1n) is 11.2. The molecule has 1 aliphatic heterocycles. The molecule has 2 aromatic heterocycles. The van der Waals surface area contributed by atoms with Crippen LogP contribution in [0.4, 0.5) is 0 Å². The van der Waals surface area contributed by atoms with Crippen molar-refractivity contribution in [3.05, 3.63) is 47.8 Å². The van der Waals surface area contributed by atoms with Gasteiger partial charge in [0.1, 0.15) is 6.54 Å². The smallest absolute Gasteiger partial charge is 0.325 e. The van der Waals surface area contributed by atoms with Crippen molar-refractivity contribution in [2.75, 3.05) is 13.1 Å². The molecule has 0 aliphatic carbocycles. The molecule has 0 radical (unpaired) electrons. The molecule has 9 heteroatoms. The molecule has 4 aromatic rings. The van der Waals surface area contributed by atoms with E-state index >= 15 is 0 Å². The highest BCUT2D eigenvalue weighted by molar-refractivity contribution is 6.01. The van der Waals surface area contributed by atoms with Crippen molar-refractivity contribution in [2.45, 2.75) is 32.2 Å². The highest BCUT2D eigenvalue weighted by atomic mass is 16.4. The largest absolute Gasteiger partial charge is 0.480 e. The second-order valence-electron chi connectivity index (χ2n) is 8.75. The Bertz CT molecular complexity index is 1480. The van der Waals surface area contributed by atoms with Gasteiger partial charge in [-0.3, -0.25) is 19.0 Å². The number of likely N-dealkylation sites (tertiary alicyclic amines) is 1. The van der Waals surface area contributed by atoms with Crippen LogP contribution in [-0.2, 0) is 23.2 Å². The molecule has 3 heterocycles. The van der Waals surface area contributed by atoms with Crippen LogP contribution in [-0.4, -0.2) is 54.5 Å². The van der Waals surface area contributed by atoms with Gasteiger partial charge in [-0.05, 0) is 36.6 Å². The molecule has 1 aliphatic rings. The molecule has 9 nitrogen and oxygen atoms in total. The number of aliphatic carboxylic acids is 1. The maximum Gasteiger partial charge on any atom is 0.325 e. The third-order valence-corrected chi connectivity index (χ3v) is 6.71. The van der Waals surface area contributed by atoms with E-state index in [0.717, 1.165) is 51.5 Å². The standard InChI is InChI=1S/C25H24N6O3/c1-15(32)30-8-6-16(7-9-30)25-24-19(4-3-5-21(24)31(28-25)14-23(33)34)20-11-22-18(10-17(20)12-26)13-27-29(22)2/h3-5,10-11,13,16H,6-9,14H2,1-2H3,(H,33,34). The Morgan fingerprint density at radius 3 is 2.62 bits per heavy atom. The van der Waals surface area contributed by atoms with Crippen LogP contribution < -0.4 is 0 Å². The summed E-state index contributed by atoms with van der Waals surface area (Å²) >= 11 is 0. The van der Waals surface area contributed by atoms with Gasteiger partial charge in [-0.2, -0.15) is 15.5 Å². The van der Waals surface area contributed by atoms with Crippen molar-refractivity contribution < 1.29 is 14.7 Å². The molecule has 172 valence electrons. The average molecular weight is 457 g/mol. The van der Waals surface area contributed by atoms with Crippen LogP contribution >= 0.6 is 0 Å². The SMILES string of the molecule is CC(=O)N1CCC(c2nn(CC(=O)O)c3cccc(-c4cc5c(cnn5C)cc4C#N)c23)CC1. The second-order valence-corrected chi connectivity index (χ2v) is 8.75. The van der Waals surface area contributed by atoms with Crippen LogP contribution in [0.3, 0.4) is 0 Å². The number of piperidine rings is 1. The summed E-state index contributed by atoms with van der Waals surface area (Å²) in [6.45, 7) is 2.60. The summed E-state index contributed by atoms with van der Waals surface area (Å²) in [5.74, 6) is -0.828. The minimum atomic E-state index is -0.971. The fourth-order valence-electron chi connectivity index (χ4n) is 5.00. The molecule has 0 unspecified atom stereocenters. The van der Waals surface area contributed by atoms with Crippen LogP contribution in [0, 0.1) is 11.3 Å². The Labute approximate surface area is 195 Å². The lowest BCUT2D eigenvalue weighted by Gasteiger charge is -2.30. The molecule has 2 aromatic carbocycles. The van der Waals surface area contributed by atoms with Crippen LogP contribution in [0.15, 0.2) is 36.5 Å². The van der Waals surface area contributed by atoms with E-state index < -0.39 is 5.97 Å². The average Bonchev–Trinajstić information content (AvgIpc) is 3.38. The van der Waals surface area contributed by atoms with E-state index in [4.69, 9.17) is 5.10 Å². The van der Waals surface area contributed by atoms with Crippen molar-refractivity contribution in [1.29, 1.82) is 5.26 Å². The zero-order valence-electron chi connectivity index (χ0n) is 19.0. The van der Waals surface area contributed by atoms with Crippen molar-refractivity contribution in [1.82, 2.24) is 24.5 Å². The normalized spacial score (nSPS) is 14.6. The van der Waals surface area contributed by atoms with Gasteiger partial charge in [0, 0.05) is 49.3 Å². The molecule has 1 amide bonds. The Kier molecular flexibility index (Phi) is 5.28. The van der Waals surface area contributed by atoms with E-state index in [1.807, 2.05) is 42.3 Å². The number of rotatable bonds is 4. The molecule has 0 atom stereocenters. The predicted octanol–water partition coefficient (Wildman–Crippen LogP) is 3.27. The van der Waals surface area contributed by atoms with Gasteiger partial charge in [0.05, 0.1) is 34.6 Å². The first kappa shape index (κ1) is 21.6. The maximum absolute atomic E-state index is 11.8. The minimum Gasteiger partial charge on any atom is -0.480 e. The summed E-state index contributed by atoms with van der Waals surface area (Å²) in [6, 6.07) is 11.8. The Balaban J connectivity index is 1.73. The van der Waals surface area contributed by atoms with E-state index in [-0.39, 0.29) is 18.4 Å². The van der Waals surface area contributed by atoms with Gasteiger partial charge in [0.2, 0.25) is 5.91 Å². The first-order valence-corrected chi connectivity index (χ1v) is 11.2. The van der Waals surface area contributed by atoms with Gasteiger partial charge in [0.15, 0.2) is 0 Å². The lowest BCUT2D eigenvalue weighted by Crippen LogP contribution is -2.36. The van der Waals surface area contributed by atoms with Crippen LogP contribution in [0.5, 0.6) is 0 Å². The zero-order chi connectivity index (χ0) is 24.0. The molecule has 0 spiro atoms. The number of fused-ring (bicyclic) bond motifs is 2. The monoisotopic (exact) mass is 456 g/mol. The lowest BCUT2D eigenvalue weighted by molar-refractivity contribution is -0.137. The van der Waals surface area contributed by atoms with Crippen LogP contribution in [0.25, 0.3) is 32.9 Å². The van der Waals surface area contributed by atoms with Gasteiger partial charge in [0.25, 0.3) is 0 Å². The third-order valence-electron chi connectivity index (χ3n) is 6.71. The van der Waals surface area contributed by atoms with Crippen molar-refractivity contribution >= 4 is 33.7 Å². The van der Waals surface area contributed by atoms with E-state index in [0.29, 0.717) is 18.7 Å². The molecule has 1 saturated heterocycles. The van der Waals surface area contributed by atoms with Crippen molar-refractivity contribution in [3.63, 3.8) is 0 Å². The number of carbonyl (C=O) groups excluding carboxylic acids is 1. The number of aryl methyl sites for hydroxylation is 1. The fraction of sp³-hybridized carbons (Fsp3) is 0.320. The van der Waals surface area contributed by atoms with E-state index in [1.54, 1.807) is 17.8 Å². The van der Waals surface area contributed by atoms with Crippen molar-refractivity contribution in [3.8, 4) is 17.2 Å². The Hall–Kier alpha value is -4.19. The van der Waals surface area contributed by atoms with Gasteiger partial charge >= 0.3 is 5.97 Å². The number of nitrogens with zero attached hydrogens (tertiary/aromatic N) is 6. The van der Waals surface area contributed by atoms with E-state index in [1.165, 1.54) is 4.68 Å². The number of benzene rings is 2. The molecular formula is C25H24N6O3. The number of hydrogen-bond acceptors (Lipinski definition) is 5. The summed E-state index contributed by atoms with van der Waals surface area (Å²) in [6.07, 6.45) is 3.23. The number of carboxylic acid groups (broad SMARTS) is 1. The minimum absolute atomic E-state index is 0.0588. The Morgan fingerprint density at radius 2 is 1.94 bits per heavy atom. The number of carbonyl (C=O) groups is 2. The van der Waals surface area contributed by atoms with Gasteiger partial charge in [-0.15, -0.1) is 0 Å². The number of carboxylic acids is 1. The fourth-order valence-corrected chi connectivity index (χ4v) is 5.00. The summed E-state index contributed by atoms with van der Waals surface area (Å²) < 4.78 is 3.30. The molecule has 1 fully saturated rings. The van der Waals surface area contributed by atoms with Crippen molar-refractivity contribution in [2.24, 2.45) is 7.05 Å². The van der Waals surface area contributed by atoms with Gasteiger partial charge in [-0.25, -0.2) is 0 Å². The van der Waals surface area contributed by atoms with Crippen LogP contribution in [0.1, 0.15) is 36.9 Å². The molecule has 5 rings (SSSR count). The summed E-state index contributed by atoms with van der Waals surface area (Å²) in [7, 11) is 1.86. The number of hydrogen-bond donors (Lipinski definition) is 1. The van der Waals surface area contributed by atoms with E-state index in [9.17, 15) is 20.0 Å². The summed E-state index contributed by atoms with van der Waals surface area (Å²) in [5.41, 5.74) is 4.58. The second kappa shape index (κ2) is 8.30. The lowest BCUT2D eigenvalue weighted by atomic mass is 9.88. The zero-order valence-corrected chi connectivity index (χ0v) is 19.0. The Morgan fingerprint density at radius 1 is 1.18 bits per heavy atom. The van der Waals surface area contributed by atoms with Gasteiger partial charge in [-0.1, -0.05) is 12.1 Å². The van der Waals surface area contributed by atoms with E-state index in [2.05, 4.69) is 11.2 Å². The number of aromatic nitrogens is 4. The van der Waals surface area contributed by atoms with Crippen LogP contribution in [0.2, 0.25) is 0 Å². The summed E-state index contributed by atoms with van der Waals surface area (Å²) in [4.78, 5) is 25.2. The number of nitriles is 1.